The van der Waals surface area contributed by atoms with Crippen LogP contribution in [0.4, 0.5) is 0 Å². The number of fused-ring (bicyclic) bond motifs is 1. The maximum absolute atomic E-state index is 11.9. The molecule has 2 aromatic rings. The number of hydrogen-bond donors (Lipinski definition) is 1. The van der Waals surface area contributed by atoms with Crippen molar-refractivity contribution in [1.82, 2.24) is 9.47 Å². The number of pyridine rings is 1. The zero-order chi connectivity index (χ0) is 16.9. The molecule has 0 fully saturated rings. The van der Waals surface area contributed by atoms with Crippen LogP contribution in [0.5, 0.6) is 5.75 Å². The van der Waals surface area contributed by atoms with E-state index in [4.69, 9.17) is 0 Å². The van der Waals surface area contributed by atoms with Gasteiger partial charge in [-0.05, 0) is 24.0 Å². The molecule has 128 valence electrons. The van der Waals surface area contributed by atoms with Crippen molar-refractivity contribution >= 4 is 0 Å². The Morgan fingerprint density at radius 3 is 2.75 bits per heavy atom. The standard InChI is InChI=1S/C20H26N2O2/c1-2-3-6-10-22-15-20(24)19(23)12-18(22)14-21-11-9-16-7-4-5-8-17(16)13-21/h4-5,7-8,12,15,24H,2-3,6,9-11,13-14H2,1H3. The molecule has 0 bridgehead atoms. The molecule has 0 spiro atoms. The van der Waals surface area contributed by atoms with Crippen molar-refractivity contribution in [1.29, 1.82) is 0 Å². The molecule has 0 saturated carbocycles. The van der Waals surface area contributed by atoms with Crippen LogP contribution in [0.1, 0.15) is 43.0 Å². The Bertz CT molecular complexity index is 752. The summed E-state index contributed by atoms with van der Waals surface area (Å²) in [5, 5.41) is 9.77. The van der Waals surface area contributed by atoms with Crippen molar-refractivity contribution in [2.75, 3.05) is 6.54 Å². The third kappa shape index (κ3) is 3.88. The van der Waals surface area contributed by atoms with Crippen molar-refractivity contribution in [3.8, 4) is 5.75 Å². The molecule has 3 rings (SSSR count). The molecule has 0 saturated heterocycles. The number of rotatable bonds is 6. The van der Waals surface area contributed by atoms with Gasteiger partial charge in [-0.3, -0.25) is 9.69 Å². The van der Waals surface area contributed by atoms with E-state index in [0.29, 0.717) is 0 Å². The van der Waals surface area contributed by atoms with E-state index in [9.17, 15) is 9.90 Å². The molecule has 4 heteroatoms. The third-order valence-corrected chi connectivity index (χ3v) is 4.80. The van der Waals surface area contributed by atoms with Crippen LogP contribution >= 0.6 is 0 Å². The van der Waals surface area contributed by atoms with Crippen LogP contribution in [-0.4, -0.2) is 21.1 Å². The molecule has 1 aromatic heterocycles. The number of aromatic hydroxyl groups is 1. The molecule has 0 atom stereocenters. The molecule has 1 aliphatic rings. The first-order chi connectivity index (χ1) is 11.7. The number of aryl methyl sites for hydroxylation is 1. The van der Waals surface area contributed by atoms with Crippen molar-refractivity contribution in [3.05, 3.63) is 63.6 Å². The number of hydrogen-bond acceptors (Lipinski definition) is 3. The molecule has 2 heterocycles. The maximum Gasteiger partial charge on any atom is 0.223 e. The van der Waals surface area contributed by atoms with Gasteiger partial charge in [-0.25, -0.2) is 0 Å². The van der Waals surface area contributed by atoms with Crippen LogP contribution in [0, 0.1) is 0 Å². The molecule has 0 unspecified atom stereocenters. The highest BCUT2D eigenvalue weighted by atomic mass is 16.3. The van der Waals surface area contributed by atoms with Crippen molar-refractivity contribution in [2.24, 2.45) is 0 Å². The minimum atomic E-state index is -0.283. The molecule has 0 radical (unpaired) electrons. The topological polar surface area (TPSA) is 45.5 Å². The van der Waals surface area contributed by atoms with Gasteiger partial charge in [0.2, 0.25) is 5.43 Å². The van der Waals surface area contributed by atoms with Gasteiger partial charge in [-0.1, -0.05) is 44.0 Å². The average molecular weight is 326 g/mol. The van der Waals surface area contributed by atoms with E-state index < -0.39 is 0 Å². The lowest BCUT2D eigenvalue weighted by molar-refractivity contribution is 0.238. The van der Waals surface area contributed by atoms with Gasteiger partial charge in [-0.2, -0.15) is 0 Å². The molecule has 0 amide bonds. The summed E-state index contributed by atoms with van der Waals surface area (Å²) in [6, 6.07) is 10.2. The highest BCUT2D eigenvalue weighted by Crippen LogP contribution is 2.20. The van der Waals surface area contributed by atoms with E-state index in [-0.39, 0.29) is 11.2 Å². The summed E-state index contributed by atoms with van der Waals surface area (Å²) in [6.45, 7) is 5.69. The molecular weight excluding hydrogens is 300 g/mol. The summed E-state index contributed by atoms with van der Waals surface area (Å²) in [7, 11) is 0. The van der Waals surface area contributed by atoms with Crippen molar-refractivity contribution in [3.63, 3.8) is 0 Å². The summed E-state index contributed by atoms with van der Waals surface area (Å²) in [5.74, 6) is -0.153. The van der Waals surface area contributed by atoms with Crippen LogP contribution in [0.15, 0.2) is 41.3 Å². The first kappa shape index (κ1) is 16.8. The highest BCUT2D eigenvalue weighted by Gasteiger charge is 2.17. The minimum Gasteiger partial charge on any atom is -0.503 e. The predicted octanol–water partition coefficient (Wildman–Crippen LogP) is 3.30. The Morgan fingerprint density at radius 2 is 1.96 bits per heavy atom. The van der Waals surface area contributed by atoms with Gasteiger partial charge in [-0.15, -0.1) is 0 Å². The molecule has 1 N–H and O–H groups in total. The van der Waals surface area contributed by atoms with E-state index in [0.717, 1.165) is 57.6 Å². The maximum atomic E-state index is 11.9. The smallest absolute Gasteiger partial charge is 0.223 e. The van der Waals surface area contributed by atoms with Gasteiger partial charge in [0.15, 0.2) is 5.75 Å². The Labute approximate surface area is 143 Å². The monoisotopic (exact) mass is 326 g/mol. The van der Waals surface area contributed by atoms with E-state index in [1.165, 1.54) is 11.1 Å². The molecule has 1 aliphatic heterocycles. The lowest BCUT2D eigenvalue weighted by atomic mass is 10.00. The second kappa shape index (κ2) is 7.67. The molecule has 4 nitrogen and oxygen atoms in total. The van der Waals surface area contributed by atoms with Crippen LogP contribution in [0.2, 0.25) is 0 Å². The fourth-order valence-corrected chi connectivity index (χ4v) is 3.40. The zero-order valence-electron chi connectivity index (χ0n) is 14.4. The second-order valence-corrected chi connectivity index (χ2v) is 6.64. The Hall–Kier alpha value is -2.07. The SMILES string of the molecule is CCCCCn1cc(O)c(=O)cc1CN1CCc2ccccc2C1. The minimum absolute atomic E-state index is 0.153. The molecule has 1 aromatic carbocycles. The van der Waals surface area contributed by atoms with E-state index in [1.807, 2.05) is 4.57 Å². The van der Waals surface area contributed by atoms with Gasteiger partial charge < -0.3 is 9.67 Å². The van der Waals surface area contributed by atoms with Gasteiger partial charge in [0.05, 0.1) is 6.20 Å². The number of nitrogens with zero attached hydrogens (tertiary/aromatic N) is 2. The van der Waals surface area contributed by atoms with E-state index in [1.54, 1.807) is 12.3 Å². The first-order valence-electron chi connectivity index (χ1n) is 8.89. The molecular formula is C20H26N2O2. The molecule has 0 aliphatic carbocycles. The summed E-state index contributed by atoms with van der Waals surface area (Å²) < 4.78 is 2.05. The first-order valence-corrected chi connectivity index (χ1v) is 8.89. The lowest BCUT2D eigenvalue weighted by Crippen LogP contribution is -2.31. The van der Waals surface area contributed by atoms with E-state index >= 15 is 0 Å². The Kier molecular flexibility index (Phi) is 5.36. The largest absolute Gasteiger partial charge is 0.503 e. The number of aromatic nitrogens is 1. The summed E-state index contributed by atoms with van der Waals surface area (Å²) in [4.78, 5) is 14.3. The number of benzene rings is 1. The lowest BCUT2D eigenvalue weighted by Gasteiger charge is -2.29. The van der Waals surface area contributed by atoms with Gasteiger partial charge in [0.1, 0.15) is 0 Å². The molecule has 24 heavy (non-hydrogen) atoms. The normalized spacial score (nSPS) is 14.5. The Morgan fingerprint density at radius 1 is 1.17 bits per heavy atom. The van der Waals surface area contributed by atoms with Crippen molar-refractivity contribution < 1.29 is 5.11 Å². The quantitative estimate of drug-likeness (QED) is 0.829. The zero-order valence-corrected chi connectivity index (χ0v) is 14.4. The van der Waals surface area contributed by atoms with E-state index in [2.05, 4.69) is 36.1 Å². The summed E-state index contributed by atoms with van der Waals surface area (Å²) >= 11 is 0. The third-order valence-electron chi connectivity index (χ3n) is 4.80. The van der Waals surface area contributed by atoms with Crippen LogP contribution in [0.3, 0.4) is 0 Å². The predicted molar refractivity (Wildman–Crippen MR) is 96.2 cm³/mol. The van der Waals surface area contributed by atoms with Gasteiger partial charge >= 0.3 is 0 Å². The Balaban J connectivity index is 1.77. The van der Waals surface area contributed by atoms with Crippen molar-refractivity contribution in [2.45, 2.75) is 52.2 Å². The van der Waals surface area contributed by atoms with Crippen LogP contribution in [-0.2, 0) is 26.1 Å². The highest BCUT2D eigenvalue weighted by molar-refractivity contribution is 5.29. The number of unbranched alkanes of at least 4 members (excludes halogenated alkanes) is 2. The fourth-order valence-electron chi connectivity index (χ4n) is 3.40. The van der Waals surface area contributed by atoms with Gasteiger partial charge in [0.25, 0.3) is 0 Å². The average Bonchev–Trinajstić information content (AvgIpc) is 2.59. The fraction of sp³-hybridized carbons (Fsp3) is 0.450. The summed E-state index contributed by atoms with van der Waals surface area (Å²) in [5.41, 5.74) is 3.52. The van der Waals surface area contributed by atoms with Gasteiger partial charge in [0, 0.05) is 37.9 Å². The van der Waals surface area contributed by atoms with Crippen LogP contribution in [0.25, 0.3) is 0 Å². The summed E-state index contributed by atoms with van der Waals surface area (Å²) in [6.07, 6.45) is 6.03. The second-order valence-electron chi connectivity index (χ2n) is 6.64. The van der Waals surface area contributed by atoms with Crippen LogP contribution < -0.4 is 5.43 Å².